The molecule has 35 heavy (non-hydrogen) atoms. The van der Waals surface area contributed by atoms with Crippen LogP contribution in [0, 0.1) is 5.92 Å². The third-order valence-corrected chi connectivity index (χ3v) is 7.86. The van der Waals surface area contributed by atoms with Crippen molar-refractivity contribution < 1.29 is 18.0 Å². The summed E-state index contributed by atoms with van der Waals surface area (Å²) in [5.41, 5.74) is 1.43. The topological polar surface area (TPSA) is 108 Å². The van der Waals surface area contributed by atoms with Crippen molar-refractivity contribution in [3.63, 3.8) is 0 Å². The highest BCUT2D eigenvalue weighted by Gasteiger charge is 2.34. The second-order valence-corrected chi connectivity index (χ2v) is 10.4. The van der Waals surface area contributed by atoms with Crippen molar-refractivity contribution in [2.75, 3.05) is 18.4 Å². The fraction of sp³-hybridized carbons (Fsp3) is 0.269. The number of rotatable bonds is 8. The van der Waals surface area contributed by atoms with Gasteiger partial charge in [0, 0.05) is 25.7 Å². The monoisotopic (exact) mass is 492 g/mol. The van der Waals surface area contributed by atoms with E-state index >= 15 is 0 Å². The van der Waals surface area contributed by atoms with E-state index in [1.54, 1.807) is 48.7 Å². The minimum Gasteiger partial charge on any atom is -0.344 e. The molecule has 0 radical (unpaired) electrons. The zero-order valence-corrected chi connectivity index (χ0v) is 20.0. The first-order valence-electron chi connectivity index (χ1n) is 11.5. The van der Waals surface area contributed by atoms with Gasteiger partial charge in [0.25, 0.3) is 0 Å². The number of amides is 2. The van der Waals surface area contributed by atoms with Crippen LogP contribution < -0.4 is 10.6 Å². The normalized spacial score (nSPS) is 17.3. The van der Waals surface area contributed by atoms with Gasteiger partial charge in [-0.05, 0) is 42.7 Å². The van der Waals surface area contributed by atoms with Gasteiger partial charge in [-0.15, -0.1) is 0 Å². The summed E-state index contributed by atoms with van der Waals surface area (Å²) >= 11 is 0. The number of carbonyl (C=O) groups is 2. The van der Waals surface area contributed by atoms with E-state index in [1.807, 2.05) is 30.3 Å². The van der Waals surface area contributed by atoms with E-state index in [-0.39, 0.29) is 23.3 Å². The second kappa shape index (κ2) is 11.2. The number of nitrogens with one attached hydrogen (secondary N) is 2. The van der Waals surface area contributed by atoms with Crippen LogP contribution >= 0.6 is 0 Å². The van der Waals surface area contributed by atoms with E-state index in [9.17, 15) is 18.0 Å². The molecule has 0 saturated carbocycles. The highest BCUT2D eigenvalue weighted by atomic mass is 32.2. The Labute approximate surface area is 205 Å². The Morgan fingerprint density at radius 3 is 2.40 bits per heavy atom. The number of sulfonamides is 1. The van der Waals surface area contributed by atoms with Crippen LogP contribution in [-0.2, 0) is 26.0 Å². The molecule has 1 saturated heterocycles. The molecule has 1 aliphatic heterocycles. The van der Waals surface area contributed by atoms with Gasteiger partial charge in [0.2, 0.25) is 21.8 Å². The van der Waals surface area contributed by atoms with Gasteiger partial charge in [-0.1, -0.05) is 48.5 Å². The first-order valence-corrected chi connectivity index (χ1v) is 13.0. The summed E-state index contributed by atoms with van der Waals surface area (Å²) in [5.74, 6) is -1.24. The Balaban J connectivity index is 1.48. The molecular weight excluding hydrogens is 464 g/mol. The van der Waals surface area contributed by atoms with Crippen LogP contribution in [0.1, 0.15) is 18.4 Å². The largest absolute Gasteiger partial charge is 0.344 e. The number of aromatic nitrogens is 1. The number of pyridine rings is 1. The molecule has 1 fully saturated rings. The molecule has 1 aliphatic rings. The second-order valence-electron chi connectivity index (χ2n) is 8.50. The van der Waals surface area contributed by atoms with Crippen LogP contribution in [0.5, 0.6) is 0 Å². The fourth-order valence-corrected chi connectivity index (χ4v) is 5.68. The molecule has 182 valence electrons. The Bertz CT molecular complexity index is 1240. The minimum atomic E-state index is -3.70. The van der Waals surface area contributed by atoms with Gasteiger partial charge in [-0.2, -0.15) is 4.31 Å². The quantitative estimate of drug-likeness (QED) is 0.503. The molecule has 0 bridgehead atoms. The van der Waals surface area contributed by atoms with E-state index in [4.69, 9.17) is 0 Å². The summed E-state index contributed by atoms with van der Waals surface area (Å²) < 4.78 is 27.5. The first kappa shape index (κ1) is 24.6. The molecule has 0 spiro atoms. The zero-order chi connectivity index (χ0) is 24.7. The fourth-order valence-electron chi connectivity index (χ4n) is 4.13. The summed E-state index contributed by atoms with van der Waals surface area (Å²) in [6, 6.07) is 20.3. The third-order valence-electron chi connectivity index (χ3n) is 5.98. The molecule has 3 aromatic rings. The first-order chi connectivity index (χ1) is 16.9. The molecule has 9 heteroatoms. The molecule has 1 unspecified atom stereocenters. The van der Waals surface area contributed by atoms with Crippen molar-refractivity contribution in [1.82, 2.24) is 14.6 Å². The molecule has 4 rings (SSSR count). The number of benzene rings is 2. The average molecular weight is 493 g/mol. The van der Waals surface area contributed by atoms with Crippen molar-refractivity contribution in [3.05, 3.63) is 90.8 Å². The molecule has 2 amide bonds. The Kier molecular flexibility index (Phi) is 7.89. The highest BCUT2D eigenvalue weighted by molar-refractivity contribution is 7.89. The number of hydrogen-bond donors (Lipinski definition) is 2. The van der Waals surface area contributed by atoms with E-state index < -0.39 is 22.0 Å². The smallest absolute Gasteiger partial charge is 0.247 e. The summed E-state index contributed by atoms with van der Waals surface area (Å²) in [6.07, 6.45) is 4.56. The van der Waals surface area contributed by atoms with Crippen LogP contribution in [0.2, 0.25) is 0 Å². The van der Waals surface area contributed by atoms with E-state index in [0.29, 0.717) is 31.5 Å². The van der Waals surface area contributed by atoms with E-state index in [1.165, 1.54) is 10.5 Å². The molecule has 0 aliphatic carbocycles. The summed E-state index contributed by atoms with van der Waals surface area (Å²) in [4.78, 5) is 30.5. The Hall–Kier alpha value is -3.56. The van der Waals surface area contributed by atoms with Crippen molar-refractivity contribution >= 4 is 27.5 Å². The third kappa shape index (κ3) is 6.32. The van der Waals surface area contributed by atoms with Crippen molar-refractivity contribution in [3.8, 4) is 0 Å². The van der Waals surface area contributed by atoms with Crippen LogP contribution in [0.25, 0.3) is 0 Å². The lowest BCUT2D eigenvalue weighted by molar-refractivity contribution is -0.130. The molecule has 2 N–H and O–H groups in total. The summed E-state index contributed by atoms with van der Waals surface area (Å²) in [6.45, 7) is 0.432. The standard InChI is InChI=1S/C26H28N4O4S/c31-25(21-11-8-16-30(19-21)35(33,34)23-13-5-2-6-14-23)29-24(17-20-9-3-1-4-10-20)26(32)28-22-12-7-15-27-18-22/h1-7,9-10,12-15,18,21,24H,8,11,16-17,19H2,(H,28,32)(H,29,31)/t21?,24-/m1/s1. The predicted molar refractivity (Wildman–Crippen MR) is 133 cm³/mol. The zero-order valence-electron chi connectivity index (χ0n) is 19.2. The van der Waals surface area contributed by atoms with Crippen LogP contribution in [0.15, 0.2) is 90.1 Å². The maximum Gasteiger partial charge on any atom is 0.247 e. The van der Waals surface area contributed by atoms with Crippen LogP contribution in [-0.4, -0.2) is 48.7 Å². The molecule has 8 nitrogen and oxygen atoms in total. The lowest BCUT2D eigenvalue weighted by Crippen LogP contribution is -2.51. The van der Waals surface area contributed by atoms with Gasteiger partial charge in [-0.3, -0.25) is 14.6 Å². The lowest BCUT2D eigenvalue weighted by atomic mass is 9.97. The highest BCUT2D eigenvalue weighted by Crippen LogP contribution is 2.24. The molecule has 2 atom stereocenters. The van der Waals surface area contributed by atoms with Gasteiger partial charge in [0.1, 0.15) is 6.04 Å². The summed E-state index contributed by atoms with van der Waals surface area (Å²) in [7, 11) is -3.70. The van der Waals surface area contributed by atoms with Crippen molar-refractivity contribution in [2.24, 2.45) is 5.92 Å². The SMILES string of the molecule is O=C(N[C@H](Cc1ccccc1)C(=O)Nc1cccnc1)C1CCCN(S(=O)(=O)c2ccccc2)C1. The number of nitrogens with zero attached hydrogens (tertiary/aromatic N) is 2. The van der Waals surface area contributed by atoms with Crippen molar-refractivity contribution in [2.45, 2.75) is 30.2 Å². The van der Waals surface area contributed by atoms with Crippen molar-refractivity contribution in [1.29, 1.82) is 0 Å². The van der Waals surface area contributed by atoms with Crippen LogP contribution in [0.3, 0.4) is 0 Å². The van der Waals surface area contributed by atoms with Gasteiger partial charge >= 0.3 is 0 Å². The number of carbonyl (C=O) groups excluding carboxylic acids is 2. The number of hydrogen-bond acceptors (Lipinski definition) is 5. The number of piperidine rings is 1. The molecule has 2 aromatic carbocycles. The lowest BCUT2D eigenvalue weighted by Gasteiger charge is -2.32. The van der Waals surface area contributed by atoms with Gasteiger partial charge in [-0.25, -0.2) is 8.42 Å². The Morgan fingerprint density at radius 1 is 1.00 bits per heavy atom. The molecular formula is C26H28N4O4S. The number of anilines is 1. The average Bonchev–Trinajstić information content (AvgIpc) is 2.90. The Morgan fingerprint density at radius 2 is 1.71 bits per heavy atom. The maximum absolute atomic E-state index is 13.2. The predicted octanol–water partition coefficient (Wildman–Crippen LogP) is 2.85. The van der Waals surface area contributed by atoms with Crippen LogP contribution in [0.4, 0.5) is 5.69 Å². The van der Waals surface area contributed by atoms with E-state index in [2.05, 4.69) is 15.6 Å². The maximum atomic E-state index is 13.2. The van der Waals surface area contributed by atoms with E-state index in [0.717, 1.165) is 5.56 Å². The molecule has 2 heterocycles. The van der Waals surface area contributed by atoms with Gasteiger partial charge in [0.15, 0.2) is 0 Å². The molecule has 1 aromatic heterocycles. The van der Waals surface area contributed by atoms with Gasteiger partial charge in [0.05, 0.1) is 22.7 Å². The van der Waals surface area contributed by atoms with Gasteiger partial charge < -0.3 is 10.6 Å². The summed E-state index contributed by atoms with van der Waals surface area (Å²) in [5, 5.41) is 5.68. The minimum absolute atomic E-state index is 0.0747.